The number of carbonyl (C=O) groups excluding carboxylic acids is 1. The van der Waals surface area contributed by atoms with E-state index in [0.29, 0.717) is 5.56 Å². The minimum Gasteiger partial charge on any atom is -0.494 e. The van der Waals surface area contributed by atoms with Crippen LogP contribution in [0.15, 0.2) is 71.6 Å². The number of hydrogen-bond donors (Lipinski definition) is 1. The molecule has 0 spiro atoms. The third-order valence-corrected chi connectivity index (χ3v) is 6.23. The van der Waals surface area contributed by atoms with Gasteiger partial charge in [-0.2, -0.15) is 0 Å². The van der Waals surface area contributed by atoms with Gasteiger partial charge in [0.2, 0.25) is 10.0 Å². The third kappa shape index (κ3) is 5.81. The van der Waals surface area contributed by atoms with E-state index in [1.54, 1.807) is 30.3 Å². The molecule has 0 bridgehead atoms. The molecule has 0 aliphatic carbocycles. The van der Waals surface area contributed by atoms with Gasteiger partial charge >= 0.3 is 5.97 Å². The van der Waals surface area contributed by atoms with Crippen LogP contribution in [-0.4, -0.2) is 21.5 Å². The molecule has 9 heteroatoms. The van der Waals surface area contributed by atoms with Crippen LogP contribution in [0.2, 0.25) is 5.02 Å². The van der Waals surface area contributed by atoms with Crippen molar-refractivity contribution in [1.82, 2.24) is 4.72 Å². The average molecular weight is 464 g/mol. The molecular formula is C22H19ClFNO5S. The second-order valence-electron chi connectivity index (χ2n) is 6.50. The summed E-state index contributed by atoms with van der Waals surface area (Å²) in [6.07, 6.45) is 0. The highest BCUT2D eigenvalue weighted by atomic mass is 35.5. The molecule has 162 valence electrons. The number of rotatable bonds is 8. The summed E-state index contributed by atoms with van der Waals surface area (Å²) in [7, 11) is -2.63. The SMILES string of the molecule is COc1ccc(COC(=O)c2ccc(Cl)c(S(=O)(=O)NCc3ccccc3)c2)cc1F. The number of carbonyl (C=O) groups is 1. The van der Waals surface area contributed by atoms with Crippen LogP contribution in [-0.2, 0) is 27.9 Å². The second-order valence-corrected chi connectivity index (χ2v) is 8.64. The van der Waals surface area contributed by atoms with Crippen molar-refractivity contribution in [2.24, 2.45) is 0 Å². The smallest absolute Gasteiger partial charge is 0.338 e. The molecule has 0 unspecified atom stereocenters. The molecule has 3 rings (SSSR count). The number of hydrogen-bond acceptors (Lipinski definition) is 5. The quantitative estimate of drug-likeness (QED) is 0.503. The first-order chi connectivity index (χ1) is 14.8. The van der Waals surface area contributed by atoms with E-state index in [2.05, 4.69) is 4.72 Å². The standard InChI is InChI=1S/C22H19ClFNO5S/c1-29-20-10-7-16(11-19(20)24)14-30-22(26)17-8-9-18(23)21(12-17)31(27,28)25-13-15-5-3-2-4-6-15/h2-12,25H,13-14H2,1H3. The molecule has 0 aromatic heterocycles. The van der Waals surface area contributed by atoms with Gasteiger partial charge in [-0.15, -0.1) is 0 Å². The molecule has 3 aromatic carbocycles. The van der Waals surface area contributed by atoms with Crippen LogP contribution in [0, 0.1) is 5.82 Å². The first-order valence-corrected chi connectivity index (χ1v) is 11.0. The lowest BCUT2D eigenvalue weighted by Gasteiger charge is -2.11. The van der Waals surface area contributed by atoms with Crippen molar-refractivity contribution in [2.45, 2.75) is 18.0 Å². The van der Waals surface area contributed by atoms with E-state index in [1.807, 2.05) is 6.07 Å². The summed E-state index contributed by atoms with van der Waals surface area (Å²) >= 11 is 6.06. The van der Waals surface area contributed by atoms with E-state index >= 15 is 0 Å². The van der Waals surface area contributed by atoms with E-state index in [9.17, 15) is 17.6 Å². The summed E-state index contributed by atoms with van der Waals surface area (Å²) in [6.45, 7) is -0.131. The van der Waals surface area contributed by atoms with E-state index in [4.69, 9.17) is 21.1 Å². The van der Waals surface area contributed by atoms with Crippen molar-refractivity contribution in [2.75, 3.05) is 7.11 Å². The molecule has 0 fully saturated rings. The summed E-state index contributed by atoms with van der Waals surface area (Å²) < 4.78 is 51.6. The number of methoxy groups -OCH3 is 1. The fourth-order valence-corrected chi connectivity index (χ4v) is 4.26. The Morgan fingerprint density at radius 3 is 2.45 bits per heavy atom. The maximum atomic E-state index is 13.8. The van der Waals surface area contributed by atoms with E-state index in [0.717, 1.165) is 11.6 Å². The Morgan fingerprint density at radius 1 is 1.03 bits per heavy atom. The minimum absolute atomic E-state index is 0.00142. The Labute approximate surface area is 184 Å². The summed E-state index contributed by atoms with van der Waals surface area (Å²) in [5.41, 5.74) is 1.18. The number of ether oxygens (including phenoxy) is 2. The van der Waals surface area contributed by atoms with E-state index < -0.39 is 21.8 Å². The molecule has 1 N–H and O–H groups in total. The Hall–Kier alpha value is -2.94. The summed E-state index contributed by atoms with van der Waals surface area (Å²) in [6, 6.07) is 16.9. The Balaban J connectivity index is 1.72. The molecule has 0 amide bonds. The highest BCUT2D eigenvalue weighted by Crippen LogP contribution is 2.24. The van der Waals surface area contributed by atoms with Crippen LogP contribution < -0.4 is 9.46 Å². The van der Waals surface area contributed by atoms with Crippen LogP contribution in [0.25, 0.3) is 0 Å². The highest BCUT2D eigenvalue weighted by molar-refractivity contribution is 7.89. The first kappa shape index (κ1) is 22.7. The van der Waals surface area contributed by atoms with Crippen molar-refractivity contribution in [3.05, 3.63) is 94.3 Å². The minimum atomic E-state index is -3.98. The van der Waals surface area contributed by atoms with Gasteiger partial charge in [-0.05, 0) is 41.5 Å². The molecule has 0 heterocycles. The Bertz CT molecular complexity index is 1190. The van der Waals surface area contributed by atoms with Gasteiger partial charge in [0.05, 0.1) is 17.7 Å². The van der Waals surface area contributed by atoms with Crippen LogP contribution in [0.5, 0.6) is 5.75 Å². The van der Waals surface area contributed by atoms with Gasteiger partial charge in [0.15, 0.2) is 11.6 Å². The summed E-state index contributed by atoms with van der Waals surface area (Å²) in [4.78, 5) is 12.2. The maximum Gasteiger partial charge on any atom is 0.338 e. The van der Waals surface area contributed by atoms with Crippen LogP contribution >= 0.6 is 11.6 Å². The predicted molar refractivity (Wildman–Crippen MR) is 114 cm³/mol. The summed E-state index contributed by atoms with van der Waals surface area (Å²) in [5.74, 6) is -1.28. The van der Waals surface area contributed by atoms with Crippen molar-refractivity contribution >= 4 is 27.6 Å². The lowest BCUT2D eigenvalue weighted by molar-refractivity contribution is 0.0472. The molecule has 0 radical (unpaired) electrons. The first-order valence-electron chi connectivity index (χ1n) is 9.13. The van der Waals surface area contributed by atoms with Crippen LogP contribution in [0.1, 0.15) is 21.5 Å². The van der Waals surface area contributed by atoms with Crippen molar-refractivity contribution in [1.29, 1.82) is 0 Å². The Morgan fingerprint density at radius 2 is 1.77 bits per heavy atom. The monoisotopic (exact) mass is 463 g/mol. The zero-order valence-electron chi connectivity index (χ0n) is 16.5. The zero-order chi connectivity index (χ0) is 22.4. The molecule has 0 saturated heterocycles. The van der Waals surface area contributed by atoms with Crippen LogP contribution in [0.3, 0.4) is 0 Å². The molecule has 0 aliphatic heterocycles. The van der Waals surface area contributed by atoms with Gasteiger partial charge in [0.1, 0.15) is 11.5 Å². The lowest BCUT2D eigenvalue weighted by atomic mass is 10.2. The second kappa shape index (κ2) is 9.91. The van der Waals surface area contributed by atoms with E-state index in [1.165, 1.54) is 31.4 Å². The Kier molecular flexibility index (Phi) is 7.27. The number of esters is 1. The molecule has 0 saturated carbocycles. The van der Waals surface area contributed by atoms with Gasteiger partial charge in [-0.3, -0.25) is 0 Å². The maximum absolute atomic E-state index is 13.8. The fraction of sp³-hybridized carbons (Fsp3) is 0.136. The van der Waals surface area contributed by atoms with Crippen LogP contribution in [0.4, 0.5) is 4.39 Å². The summed E-state index contributed by atoms with van der Waals surface area (Å²) in [5, 5.41) is -0.0330. The van der Waals surface area contributed by atoms with Crippen molar-refractivity contribution in [3.8, 4) is 5.75 Å². The van der Waals surface area contributed by atoms with Crippen molar-refractivity contribution in [3.63, 3.8) is 0 Å². The fourth-order valence-electron chi connectivity index (χ4n) is 2.72. The van der Waals surface area contributed by atoms with Gasteiger partial charge in [-0.1, -0.05) is 48.0 Å². The normalized spacial score (nSPS) is 11.2. The topological polar surface area (TPSA) is 81.7 Å². The number of benzene rings is 3. The highest BCUT2D eigenvalue weighted by Gasteiger charge is 2.21. The van der Waals surface area contributed by atoms with Crippen molar-refractivity contribution < 1.29 is 27.1 Å². The van der Waals surface area contributed by atoms with Gasteiger partial charge < -0.3 is 9.47 Å². The lowest BCUT2D eigenvalue weighted by Crippen LogP contribution is -2.24. The molecule has 3 aromatic rings. The number of sulfonamides is 1. The van der Waals surface area contributed by atoms with Gasteiger partial charge in [0.25, 0.3) is 0 Å². The molecule has 0 aliphatic rings. The number of nitrogens with one attached hydrogen (secondary N) is 1. The van der Waals surface area contributed by atoms with E-state index in [-0.39, 0.29) is 34.4 Å². The average Bonchev–Trinajstić information content (AvgIpc) is 2.77. The third-order valence-electron chi connectivity index (χ3n) is 4.35. The molecule has 31 heavy (non-hydrogen) atoms. The number of halogens is 2. The largest absolute Gasteiger partial charge is 0.494 e. The predicted octanol–water partition coefficient (Wildman–Crippen LogP) is 4.32. The molecule has 0 atom stereocenters. The van der Waals surface area contributed by atoms with Gasteiger partial charge in [-0.25, -0.2) is 22.3 Å². The molecule has 6 nitrogen and oxygen atoms in total. The molecular weight excluding hydrogens is 445 g/mol. The van der Waals surface area contributed by atoms with Gasteiger partial charge in [0, 0.05) is 6.54 Å². The zero-order valence-corrected chi connectivity index (χ0v) is 18.0.